The number of hydrogen-bond acceptors (Lipinski definition) is 5. The Morgan fingerprint density at radius 3 is 2.73 bits per heavy atom. The molecule has 1 aromatic heterocycles. The number of aromatic nitrogens is 1. The Labute approximate surface area is 185 Å². The van der Waals surface area contributed by atoms with Crippen LogP contribution in [0.5, 0.6) is 5.75 Å². The molecule has 2 aromatic carbocycles. The lowest BCUT2D eigenvalue weighted by Gasteiger charge is -2.23. The van der Waals surface area contributed by atoms with E-state index in [4.69, 9.17) is 26.1 Å². The Morgan fingerprint density at radius 2 is 2.07 bits per heavy atom. The van der Waals surface area contributed by atoms with Crippen molar-refractivity contribution in [3.05, 3.63) is 52.5 Å². The Balaban J connectivity index is 1.67. The molecule has 0 bridgehead atoms. The van der Waals surface area contributed by atoms with Crippen LogP contribution >= 0.6 is 22.9 Å². The Bertz CT molecular complexity index is 1040. The van der Waals surface area contributed by atoms with Crippen molar-refractivity contribution in [2.24, 2.45) is 0 Å². The van der Waals surface area contributed by atoms with E-state index in [0.29, 0.717) is 22.3 Å². The molecule has 5 nitrogen and oxygen atoms in total. The second kappa shape index (κ2) is 8.92. The van der Waals surface area contributed by atoms with Crippen LogP contribution < -0.4 is 9.64 Å². The van der Waals surface area contributed by atoms with Gasteiger partial charge in [-0.15, -0.1) is 0 Å². The molecule has 1 aliphatic heterocycles. The lowest BCUT2D eigenvalue weighted by molar-refractivity contribution is 0.0917. The van der Waals surface area contributed by atoms with Crippen LogP contribution in [0.4, 0.5) is 5.13 Å². The third-order valence-electron chi connectivity index (χ3n) is 5.10. The van der Waals surface area contributed by atoms with Crippen LogP contribution in [0, 0.1) is 6.92 Å². The summed E-state index contributed by atoms with van der Waals surface area (Å²) in [6.07, 6.45) is 2.07. The first-order valence-electron chi connectivity index (χ1n) is 10.2. The maximum atomic E-state index is 13.5. The Morgan fingerprint density at radius 1 is 1.30 bits per heavy atom. The zero-order valence-corrected chi connectivity index (χ0v) is 18.9. The molecule has 1 atom stereocenters. The van der Waals surface area contributed by atoms with Crippen LogP contribution in [0.25, 0.3) is 10.2 Å². The van der Waals surface area contributed by atoms with Crippen molar-refractivity contribution in [3.8, 4) is 5.75 Å². The predicted molar refractivity (Wildman–Crippen MR) is 122 cm³/mol. The van der Waals surface area contributed by atoms with Crippen molar-refractivity contribution in [3.63, 3.8) is 0 Å². The number of amides is 1. The molecule has 2 heterocycles. The van der Waals surface area contributed by atoms with Gasteiger partial charge in [0.05, 0.1) is 29.0 Å². The van der Waals surface area contributed by atoms with Gasteiger partial charge in [-0.1, -0.05) is 22.9 Å². The van der Waals surface area contributed by atoms with Gasteiger partial charge in [-0.2, -0.15) is 0 Å². The van der Waals surface area contributed by atoms with Gasteiger partial charge in [0, 0.05) is 17.2 Å². The predicted octanol–water partition coefficient (Wildman–Crippen LogP) is 5.87. The molecule has 0 radical (unpaired) electrons. The van der Waals surface area contributed by atoms with Crippen LogP contribution in [-0.2, 0) is 4.74 Å². The third kappa shape index (κ3) is 4.46. The molecular formula is C23H25ClN2O3S. The van der Waals surface area contributed by atoms with Gasteiger partial charge >= 0.3 is 0 Å². The van der Waals surface area contributed by atoms with E-state index in [1.807, 2.05) is 45.0 Å². The Hall–Kier alpha value is -2.15. The maximum Gasteiger partial charge on any atom is 0.260 e. The van der Waals surface area contributed by atoms with Crippen molar-refractivity contribution in [1.82, 2.24) is 4.98 Å². The van der Waals surface area contributed by atoms with E-state index in [9.17, 15) is 4.79 Å². The normalized spacial score (nSPS) is 16.4. The fraction of sp³-hybridized carbons (Fsp3) is 0.391. The van der Waals surface area contributed by atoms with E-state index >= 15 is 0 Å². The highest BCUT2D eigenvalue weighted by Gasteiger charge is 2.27. The number of anilines is 1. The van der Waals surface area contributed by atoms with Gasteiger partial charge in [-0.05, 0) is 75.6 Å². The summed E-state index contributed by atoms with van der Waals surface area (Å²) in [4.78, 5) is 20.0. The van der Waals surface area contributed by atoms with Gasteiger partial charge in [0.15, 0.2) is 5.13 Å². The zero-order valence-electron chi connectivity index (χ0n) is 17.4. The number of aryl methyl sites for hydroxylation is 1. The van der Waals surface area contributed by atoms with E-state index in [0.717, 1.165) is 41.0 Å². The molecule has 1 saturated heterocycles. The standard InChI is InChI=1S/C23H25ClN2O3S/c1-14(2)29-17-8-6-16(7-9-17)22(27)26(13-18-5-4-12-28-18)23-25-21-15(3)19(24)10-11-20(21)30-23/h6-11,14,18H,4-5,12-13H2,1-3H3. The molecule has 1 amide bonds. The van der Waals surface area contributed by atoms with Crippen LogP contribution in [0.15, 0.2) is 36.4 Å². The smallest absolute Gasteiger partial charge is 0.260 e. The molecule has 7 heteroatoms. The summed E-state index contributed by atoms with van der Waals surface area (Å²) >= 11 is 7.78. The number of benzene rings is 2. The lowest BCUT2D eigenvalue weighted by atomic mass is 10.1. The summed E-state index contributed by atoms with van der Waals surface area (Å²) in [5, 5.41) is 1.34. The zero-order chi connectivity index (χ0) is 21.3. The first-order valence-corrected chi connectivity index (χ1v) is 11.4. The van der Waals surface area contributed by atoms with Gasteiger partial charge in [-0.25, -0.2) is 4.98 Å². The van der Waals surface area contributed by atoms with Crippen molar-refractivity contribution in [2.75, 3.05) is 18.1 Å². The van der Waals surface area contributed by atoms with Crippen LogP contribution in [0.3, 0.4) is 0 Å². The van der Waals surface area contributed by atoms with E-state index < -0.39 is 0 Å². The summed E-state index contributed by atoms with van der Waals surface area (Å²) in [5.41, 5.74) is 2.36. The van der Waals surface area contributed by atoms with Gasteiger partial charge in [-0.3, -0.25) is 9.69 Å². The minimum absolute atomic E-state index is 0.0224. The maximum absolute atomic E-state index is 13.5. The SMILES string of the molecule is Cc1c(Cl)ccc2sc(N(CC3CCCO3)C(=O)c3ccc(OC(C)C)cc3)nc12. The van der Waals surface area contributed by atoms with Crippen molar-refractivity contribution < 1.29 is 14.3 Å². The molecule has 0 aliphatic carbocycles. The number of carbonyl (C=O) groups excluding carboxylic acids is 1. The minimum Gasteiger partial charge on any atom is -0.491 e. The first-order chi connectivity index (χ1) is 14.4. The van der Waals surface area contributed by atoms with Crippen LogP contribution in [0.2, 0.25) is 5.02 Å². The molecule has 30 heavy (non-hydrogen) atoms. The van der Waals surface area contributed by atoms with Crippen molar-refractivity contribution in [2.45, 2.75) is 45.8 Å². The lowest BCUT2D eigenvalue weighted by Crippen LogP contribution is -2.37. The van der Waals surface area contributed by atoms with E-state index in [2.05, 4.69) is 0 Å². The molecular weight excluding hydrogens is 420 g/mol. The highest BCUT2D eigenvalue weighted by atomic mass is 35.5. The highest BCUT2D eigenvalue weighted by Crippen LogP contribution is 2.34. The van der Waals surface area contributed by atoms with Crippen molar-refractivity contribution >= 4 is 44.2 Å². The van der Waals surface area contributed by atoms with Gasteiger partial charge in [0.2, 0.25) is 0 Å². The summed E-state index contributed by atoms with van der Waals surface area (Å²) < 4.78 is 12.5. The second-order valence-electron chi connectivity index (χ2n) is 7.76. The number of thiazole rings is 1. The highest BCUT2D eigenvalue weighted by molar-refractivity contribution is 7.22. The first kappa shape index (κ1) is 21.1. The second-order valence-corrected chi connectivity index (χ2v) is 9.17. The average molecular weight is 445 g/mol. The molecule has 0 saturated carbocycles. The molecule has 4 rings (SSSR count). The van der Waals surface area contributed by atoms with Crippen molar-refractivity contribution in [1.29, 1.82) is 0 Å². The third-order valence-corrected chi connectivity index (χ3v) is 6.55. The fourth-order valence-electron chi connectivity index (χ4n) is 3.55. The molecule has 1 fully saturated rings. The number of carbonyl (C=O) groups is 1. The topological polar surface area (TPSA) is 51.7 Å². The number of nitrogens with zero attached hydrogens (tertiary/aromatic N) is 2. The number of hydrogen-bond donors (Lipinski definition) is 0. The summed E-state index contributed by atoms with van der Waals surface area (Å²) in [5.74, 6) is 0.655. The van der Waals surface area contributed by atoms with Crippen LogP contribution in [0.1, 0.15) is 42.6 Å². The molecule has 1 aliphatic rings. The number of ether oxygens (including phenoxy) is 2. The molecule has 1 unspecified atom stereocenters. The largest absolute Gasteiger partial charge is 0.491 e. The molecule has 0 spiro atoms. The molecule has 3 aromatic rings. The molecule has 0 N–H and O–H groups in total. The van der Waals surface area contributed by atoms with E-state index in [-0.39, 0.29) is 18.1 Å². The van der Waals surface area contributed by atoms with Crippen LogP contribution in [-0.4, -0.2) is 36.3 Å². The Kier molecular flexibility index (Phi) is 6.27. The summed E-state index contributed by atoms with van der Waals surface area (Å²) in [6.45, 7) is 7.12. The van der Waals surface area contributed by atoms with E-state index in [1.54, 1.807) is 17.0 Å². The number of halogens is 1. The number of rotatable bonds is 6. The number of fused-ring (bicyclic) bond motifs is 1. The van der Waals surface area contributed by atoms with Gasteiger partial charge in [0.1, 0.15) is 5.75 Å². The fourth-order valence-corrected chi connectivity index (χ4v) is 4.73. The average Bonchev–Trinajstić information content (AvgIpc) is 3.38. The van der Waals surface area contributed by atoms with Gasteiger partial charge < -0.3 is 9.47 Å². The van der Waals surface area contributed by atoms with E-state index in [1.165, 1.54) is 11.3 Å². The monoisotopic (exact) mass is 444 g/mol. The van der Waals surface area contributed by atoms with Gasteiger partial charge in [0.25, 0.3) is 5.91 Å². The molecule has 158 valence electrons. The summed E-state index contributed by atoms with van der Waals surface area (Å²) in [6, 6.07) is 11.1. The quantitative estimate of drug-likeness (QED) is 0.477. The summed E-state index contributed by atoms with van der Waals surface area (Å²) in [7, 11) is 0. The minimum atomic E-state index is -0.0931.